The molecule has 4 nitrogen and oxygen atoms in total. The van der Waals surface area contributed by atoms with Crippen LogP contribution in [0, 0.1) is 0 Å². The predicted molar refractivity (Wildman–Crippen MR) is 73.3 cm³/mol. The largest absolute Gasteiger partial charge is 0.423 e. The molecule has 2 rings (SSSR count). The Morgan fingerprint density at radius 3 is 2.74 bits per heavy atom. The van der Waals surface area contributed by atoms with Crippen LogP contribution in [0.15, 0.2) is 34.7 Å². The summed E-state index contributed by atoms with van der Waals surface area (Å²) in [5, 5.41) is 7.56. The summed E-state index contributed by atoms with van der Waals surface area (Å²) in [7, 11) is 0. The van der Waals surface area contributed by atoms with Gasteiger partial charge in [0.15, 0.2) is 0 Å². The predicted octanol–water partition coefficient (Wildman–Crippen LogP) is 3.37. The second-order valence-corrected chi connectivity index (χ2v) is 4.61. The molecule has 0 aliphatic heterocycles. The molecule has 1 unspecified atom stereocenters. The number of rotatable bonds is 7. The Labute approximate surface area is 117 Å². The number of ether oxygens (including phenoxy) is 1. The van der Waals surface area contributed by atoms with Crippen LogP contribution in [-0.2, 0) is 11.2 Å². The van der Waals surface area contributed by atoms with Gasteiger partial charge in [-0.15, -0.1) is 21.8 Å². The van der Waals surface area contributed by atoms with Gasteiger partial charge in [-0.3, -0.25) is 0 Å². The minimum Gasteiger partial charge on any atom is -0.423 e. The second-order valence-electron chi connectivity index (χ2n) is 4.17. The van der Waals surface area contributed by atoms with E-state index in [9.17, 15) is 0 Å². The van der Waals surface area contributed by atoms with Crippen molar-refractivity contribution in [2.75, 3.05) is 13.2 Å². The zero-order valence-electron chi connectivity index (χ0n) is 10.9. The van der Waals surface area contributed by atoms with Crippen LogP contribution in [0.5, 0.6) is 0 Å². The van der Waals surface area contributed by atoms with Crippen LogP contribution in [0.3, 0.4) is 0 Å². The molecular weight excluding hydrogens is 264 g/mol. The van der Waals surface area contributed by atoms with Crippen LogP contribution in [0.1, 0.15) is 36.1 Å². The number of nitrogens with zero attached hydrogens (tertiary/aromatic N) is 2. The topological polar surface area (TPSA) is 48.2 Å². The van der Waals surface area contributed by atoms with Crippen molar-refractivity contribution in [1.29, 1.82) is 0 Å². The fourth-order valence-corrected chi connectivity index (χ4v) is 1.87. The van der Waals surface area contributed by atoms with Crippen LogP contribution in [0.4, 0.5) is 0 Å². The van der Waals surface area contributed by atoms with E-state index in [4.69, 9.17) is 20.8 Å². The van der Waals surface area contributed by atoms with Gasteiger partial charge in [-0.05, 0) is 12.0 Å². The van der Waals surface area contributed by atoms with Crippen LogP contribution in [0.2, 0.25) is 0 Å². The van der Waals surface area contributed by atoms with Crippen LogP contribution in [0.25, 0.3) is 0 Å². The molecule has 19 heavy (non-hydrogen) atoms. The number of halogens is 1. The highest BCUT2D eigenvalue weighted by molar-refractivity contribution is 6.22. The van der Waals surface area contributed by atoms with E-state index in [1.165, 1.54) is 0 Å². The number of benzene rings is 1. The first-order valence-electron chi connectivity index (χ1n) is 6.40. The van der Waals surface area contributed by atoms with Crippen molar-refractivity contribution in [1.82, 2.24) is 10.2 Å². The first-order chi connectivity index (χ1) is 9.31. The molecule has 1 heterocycles. The van der Waals surface area contributed by atoms with Crippen LogP contribution in [-0.4, -0.2) is 23.4 Å². The SMILES string of the molecule is CCCOCCc1nnc(C(Cl)c2ccccc2)o1. The molecule has 0 N–H and O–H groups in total. The smallest absolute Gasteiger partial charge is 0.238 e. The van der Waals surface area contributed by atoms with Gasteiger partial charge in [0.2, 0.25) is 11.8 Å². The molecule has 102 valence electrons. The molecule has 0 aliphatic rings. The lowest BCUT2D eigenvalue weighted by molar-refractivity contribution is 0.133. The molecule has 0 amide bonds. The Morgan fingerprint density at radius 1 is 1.21 bits per heavy atom. The van der Waals surface area contributed by atoms with E-state index < -0.39 is 5.38 Å². The maximum atomic E-state index is 6.30. The monoisotopic (exact) mass is 280 g/mol. The third kappa shape index (κ3) is 4.04. The van der Waals surface area contributed by atoms with Gasteiger partial charge in [0.1, 0.15) is 5.38 Å². The number of aromatic nitrogens is 2. The molecule has 1 aromatic carbocycles. The fourth-order valence-electron chi connectivity index (χ4n) is 1.64. The van der Waals surface area contributed by atoms with Crippen molar-refractivity contribution in [3.05, 3.63) is 47.7 Å². The Kier molecular flexibility index (Phi) is 5.36. The Balaban J connectivity index is 1.93. The highest BCUT2D eigenvalue weighted by Crippen LogP contribution is 2.27. The van der Waals surface area contributed by atoms with Crippen LogP contribution < -0.4 is 0 Å². The van der Waals surface area contributed by atoms with Crippen LogP contribution >= 0.6 is 11.6 Å². The summed E-state index contributed by atoms with van der Waals surface area (Å²) in [4.78, 5) is 0. The van der Waals surface area contributed by atoms with E-state index in [1.54, 1.807) is 0 Å². The average molecular weight is 281 g/mol. The van der Waals surface area contributed by atoms with Gasteiger partial charge in [0.05, 0.1) is 6.61 Å². The summed E-state index contributed by atoms with van der Waals surface area (Å²) in [6, 6.07) is 9.68. The van der Waals surface area contributed by atoms with Crippen molar-refractivity contribution in [2.45, 2.75) is 25.1 Å². The third-order valence-electron chi connectivity index (χ3n) is 2.60. The number of alkyl halides is 1. The van der Waals surface area contributed by atoms with Crippen molar-refractivity contribution in [3.63, 3.8) is 0 Å². The lowest BCUT2D eigenvalue weighted by Gasteiger charge is -2.03. The average Bonchev–Trinajstić information content (AvgIpc) is 2.92. The Hall–Kier alpha value is -1.39. The minimum absolute atomic E-state index is 0.404. The standard InChI is InChI=1S/C14H17ClN2O2/c1-2-9-18-10-8-12-16-17-14(19-12)13(15)11-6-4-3-5-7-11/h3-7,13H,2,8-10H2,1H3. The first kappa shape index (κ1) is 14.0. The zero-order chi connectivity index (χ0) is 13.5. The van der Waals surface area contributed by atoms with E-state index in [2.05, 4.69) is 17.1 Å². The second kappa shape index (κ2) is 7.26. The fraction of sp³-hybridized carbons (Fsp3) is 0.429. The van der Waals surface area contributed by atoms with Gasteiger partial charge in [-0.25, -0.2) is 0 Å². The molecule has 0 radical (unpaired) electrons. The van der Waals surface area contributed by atoms with Gasteiger partial charge in [0, 0.05) is 13.0 Å². The highest BCUT2D eigenvalue weighted by atomic mass is 35.5. The molecule has 0 bridgehead atoms. The molecule has 1 atom stereocenters. The number of hydrogen-bond acceptors (Lipinski definition) is 4. The molecule has 0 saturated heterocycles. The van der Waals surface area contributed by atoms with Gasteiger partial charge in [-0.1, -0.05) is 37.3 Å². The summed E-state index contributed by atoms with van der Waals surface area (Å²) < 4.78 is 10.9. The molecule has 1 aromatic heterocycles. The van der Waals surface area contributed by atoms with E-state index in [-0.39, 0.29) is 0 Å². The summed E-state index contributed by atoms with van der Waals surface area (Å²) in [6.07, 6.45) is 1.62. The van der Waals surface area contributed by atoms with Gasteiger partial charge >= 0.3 is 0 Å². The van der Waals surface area contributed by atoms with E-state index in [1.807, 2.05) is 30.3 Å². The van der Waals surface area contributed by atoms with Crippen molar-refractivity contribution in [3.8, 4) is 0 Å². The van der Waals surface area contributed by atoms with Crippen molar-refractivity contribution in [2.24, 2.45) is 0 Å². The lowest BCUT2D eigenvalue weighted by Crippen LogP contribution is -1.99. The molecule has 0 saturated carbocycles. The molecular formula is C14H17ClN2O2. The molecule has 0 spiro atoms. The van der Waals surface area contributed by atoms with Gasteiger partial charge in [0.25, 0.3) is 0 Å². The normalized spacial score (nSPS) is 12.5. The zero-order valence-corrected chi connectivity index (χ0v) is 11.6. The van der Waals surface area contributed by atoms with Crippen molar-refractivity contribution >= 4 is 11.6 Å². The van der Waals surface area contributed by atoms with E-state index in [0.29, 0.717) is 24.8 Å². The van der Waals surface area contributed by atoms with Crippen molar-refractivity contribution < 1.29 is 9.15 Å². The quantitative estimate of drug-likeness (QED) is 0.576. The third-order valence-corrected chi connectivity index (χ3v) is 3.04. The summed E-state index contributed by atoms with van der Waals surface area (Å²) in [5.41, 5.74) is 0.946. The van der Waals surface area contributed by atoms with E-state index >= 15 is 0 Å². The summed E-state index contributed by atoms with van der Waals surface area (Å²) in [6.45, 7) is 3.42. The highest BCUT2D eigenvalue weighted by Gasteiger charge is 2.17. The van der Waals surface area contributed by atoms with Gasteiger partial charge < -0.3 is 9.15 Å². The maximum Gasteiger partial charge on any atom is 0.238 e. The molecule has 5 heteroatoms. The molecule has 2 aromatic rings. The summed E-state index contributed by atoms with van der Waals surface area (Å²) in [5.74, 6) is 0.992. The Morgan fingerprint density at radius 2 is 2.00 bits per heavy atom. The summed E-state index contributed by atoms with van der Waals surface area (Å²) >= 11 is 6.30. The van der Waals surface area contributed by atoms with Gasteiger partial charge in [-0.2, -0.15) is 0 Å². The molecule has 0 aliphatic carbocycles. The maximum absolute atomic E-state index is 6.30. The van der Waals surface area contributed by atoms with E-state index in [0.717, 1.165) is 18.6 Å². The Bertz CT molecular complexity index is 487. The number of hydrogen-bond donors (Lipinski definition) is 0. The minimum atomic E-state index is -0.404. The lowest BCUT2D eigenvalue weighted by atomic mass is 10.1. The molecule has 0 fully saturated rings. The first-order valence-corrected chi connectivity index (χ1v) is 6.84.